The summed E-state index contributed by atoms with van der Waals surface area (Å²) in [5.74, 6) is 1.08. The third-order valence-corrected chi connectivity index (χ3v) is 2.05. The van der Waals surface area contributed by atoms with E-state index in [1.54, 1.807) is 6.33 Å². The zero-order valence-electron chi connectivity index (χ0n) is 9.07. The number of hydrogen-bond acceptors (Lipinski definition) is 3. The summed E-state index contributed by atoms with van der Waals surface area (Å²) in [6.07, 6.45) is 4.91. The Labute approximate surface area is 85.3 Å². The lowest BCUT2D eigenvalue weighted by Gasteiger charge is -2.04. The first-order valence-electron chi connectivity index (χ1n) is 5.32. The molecule has 80 valence electrons. The normalized spacial score (nSPS) is 10.7. The summed E-state index contributed by atoms with van der Waals surface area (Å²) in [6, 6.07) is 0. The maximum atomic E-state index is 5.27. The van der Waals surface area contributed by atoms with Crippen molar-refractivity contribution in [2.24, 2.45) is 0 Å². The van der Waals surface area contributed by atoms with Crippen molar-refractivity contribution in [1.82, 2.24) is 14.8 Å². The molecule has 4 nitrogen and oxygen atoms in total. The number of hydrogen-bond donors (Lipinski definition) is 0. The number of nitrogens with zero attached hydrogens (tertiary/aromatic N) is 3. The van der Waals surface area contributed by atoms with Crippen LogP contribution >= 0.6 is 0 Å². The first kappa shape index (κ1) is 11.2. The van der Waals surface area contributed by atoms with Crippen molar-refractivity contribution in [1.29, 1.82) is 0 Å². The third-order valence-electron chi connectivity index (χ3n) is 2.05. The van der Waals surface area contributed by atoms with Crippen LogP contribution in [0.1, 0.15) is 32.5 Å². The van der Waals surface area contributed by atoms with Crippen LogP contribution in [-0.4, -0.2) is 28.0 Å². The summed E-state index contributed by atoms with van der Waals surface area (Å²) in [5.41, 5.74) is 0. The lowest BCUT2D eigenvalue weighted by Crippen LogP contribution is -2.04. The van der Waals surface area contributed by atoms with Gasteiger partial charge in [-0.05, 0) is 19.8 Å². The van der Waals surface area contributed by atoms with Gasteiger partial charge in [0.25, 0.3) is 0 Å². The second-order valence-corrected chi connectivity index (χ2v) is 3.24. The minimum absolute atomic E-state index is 0.793. The highest BCUT2D eigenvalue weighted by atomic mass is 16.5. The van der Waals surface area contributed by atoms with E-state index in [2.05, 4.69) is 21.7 Å². The number of aromatic nitrogens is 3. The van der Waals surface area contributed by atoms with E-state index >= 15 is 0 Å². The molecule has 0 saturated carbocycles. The first-order valence-corrected chi connectivity index (χ1v) is 5.32. The van der Waals surface area contributed by atoms with E-state index in [1.165, 1.54) is 0 Å². The van der Waals surface area contributed by atoms with Crippen LogP contribution in [0.2, 0.25) is 0 Å². The Hall–Kier alpha value is -0.900. The maximum absolute atomic E-state index is 5.27. The van der Waals surface area contributed by atoms with Gasteiger partial charge >= 0.3 is 0 Å². The summed E-state index contributed by atoms with van der Waals surface area (Å²) >= 11 is 0. The molecule has 14 heavy (non-hydrogen) atoms. The molecule has 0 atom stereocenters. The number of rotatable bonds is 7. The standard InChI is InChI=1S/C10H19N3O/c1-3-7-13-9-11-12-10(13)6-5-8-14-4-2/h9H,3-8H2,1-2H3. The molecular weight excluding hydrogens is 178 g/mol. The zero-order chi connectivity index (χ0) is 10.2. The van der Waals surface area contributed by atoms with E-state index in [0.717, 1.165) is 44.8 Å². The number of ether oxygens (including phenoxy) is 1. The van der Waals surface area contributed by atoms with Crippen LogP contribution in [0.5, 0.6) is 0 Å². The Morgan fingerprint density at radius 1 is 1.43 bits per heavy atom. The monoisotopic (exact) mass is 197 g/mol. The predicted octanol–water partition coefficient (Wildman–Crippen LogP) is 1.66. The van der Waals surface area contributed by atoms with Crippen molar-refractivity contribution in [3.05, 3.63) is 12.2 Å². The Morgan fingerprint density at radius 3 is 3.00 bits per heavy atom. The van der Waals surface area contributed by atoms with Gasteiger partial charge in [0.2, 0.25) is 0 Å². The molecule has 0 aliphatic carbocycles. The first-order chi connectivity index (χ1) is 6.88. The summed E-state index contributed by atoms with van der Waals surface area (Å²) < 4.78 is 7.39. The summed E-state index contributed by atoms with van der Waals surface area (Å²) in [5, 5.41) is 8.00. The van der Waals surface area contributed by atoms with E-state index in [0.29, 0.717) is 0 Å². The average molecular weight is 197 g/mol. The van der Waals surface area contributed by atoms with Crippen LogP contribution in [0, 0.1) is 0 Å². The van der Waals surface area contributed by atoms with Gasteiger partial charge in [-0.3, -0.25) is 0 Å². The molecule has 0 spiro atoms. The van der Waals surface area contributed by atoms with Crippen molar-refractivity contribution < 1.29 is 4.74 Å². The van der Waals surface area contributed by atoms with E-state index < -0.39 is 0 Å². The Morgan fingerprint density at radius 2 is 2.29 bits per heavy atom. The number of aryl methyl sites for hydroxylation is 2. The van der Waals surface area contributed by atoms with E-state index in [1.807, 2.05) is 6.92 Å². The summed E-state index contributed by atoms with van der Waals surface area (Å²) in [6.45, 7) is 6.79. The van der Waals surface area contributed by atoms with Crippen molar-refractivity contribution in [2.45, 2.75) is 39.7 Å². The molecule has 0 aromatic carbocycles. The topological polar surface area (TPSA) is 39.9 Å². The van der Waals surface area contributed by atoms with Crippen LogP contribution in [0.15, 0.2) is 6.33 Å². The van der Waals surface area contributed by atoms with Gasteiger partial charge in [-0.2, -0.15) is 0 Å². The van der Waals surface area contributed by atoms with Gasteiger partial charge in [-0.25, -0.2) is 0 Å². The Bertz CT molecular complexity index is 247. The van der Waals surface area contributed by atoms with Crippen molar-refractivity contribution in [2.75, 3.05) is 13.2 Å². The van der Waals surface area contributed by atoms with Gasteiger partial charge in [0.15, 0.2) is 0 Å². The largest absolute Gasteiger partial charge is 0.382 e. The Kier molecular flexibility index (Phi) is 5.22. The molecular formula is C10H19N3O. The molecule has 0 fully saturated rings. The zero-order valence-corrected chi connectivity index (χ0v) is 9.07. The van der Waals surface area contributed by atoms with Crippen LogP contribution in [0.4, 0.5) is 0 Å². The van der Waals surface area contributed by atoms with E-state index in [9.17, 15) is 0 Å². The van der Waals surface area contributed by atoms with E-state index in [-0.39, 0.29) is 0 Å². The predicted molar refractivity (Wildman–Crippen MR) is 55.1 cm³/mol. The maximum Gasteiger partial charge on any atom is 0.132 e. The molecule has 0 bridgehead atoms. The van der Waals surface area contributed by atoms with Crippen LogP contribution in [0.25, 0.3) is 0 Å². The molecule has 0 saturated heterocycles. The lowest BCUT2D eigenvalue weighted by molar-refractivity contribution is 0.144. The lowest BCUT2D eigenvalue weighted by atomic mass is 10.3. The second kappa shape index (κ2) is 6.54. The highest BCUT2D eigenvalue weighted by molar-refractivity contribution is 4.85. The van der Waals surface area contributed by atoms with Crippen molar-refractivity contribution in [3.8, 4) is 0 Å². The van der Waals surface area contributed by atoms with Crippen LogP contribution < -0.4 is 0 Å². The highest BCUT2D eigenvalue weighted by Crippen LogP contribution is 2.01. The molecule has 0 unspecified atom stereocenters. The highest BCUT2D eigenvalue weighted by Gasteiger charge is 2.02. The van der Waals surface area contributed by atoms with Crippen LogP contribution in [-0.2, 0) is 17.7 Å². The van der Waals surface area contributed by atoms with E-state index in [4.69, 9.17) is 4.74 Å². The SMILES string of the molecule is CCCn1cnnc1CCCOCC. The van der Waals surface area contributed by atoms with Gasteiger partial charge in [-0.1, -0.05) is 6.92 Å². The third kappa shape index (κ3) is 3.46. The molecule has 4 heteroatoms. The molecule has 1 aromatic rings. The van der Waals surface area contributed by atoms with Gasteiger partial charge in [0.05, 0.1) is 0 Å². The van der Waals surface area contributed by atoms with Gasteiger partial charge in [-0.15, -0.1) is 10.2 Å². The fraction of sp³-hybridized carbons (Fsp3) is 0.800. The summed E-state index contributed by atoms with van der Waals surface area (Å²) in [4.78, 5) is 0. The molecule has 0 aliphatic heterocycles. The van der Waals surface area contributed by atoms with Crippen LogP contribution in [0.3, 0.4) is 0 Å². The minimum Gasteiger partial charge on any atom is -0.382 e. The van der Waals surface area contributed by atoms with Crippen molar-refractivity contribution >= 4 is 0 Å². The molecule has 0 amide bonds. The Balaban J connectivity index is 2.30. The molecule has 0 aliphatic rings. The molecule has 1 aromatic heterocycles. The molecule has 0 radical (unpaired) electrons. The van der Waals surface area contributed by atoms with Gasteiger partial charge in [0, 0.05) is 26.2 Å². The molecule has 1 heterocycles. The smallest absolute Gasteiger partial charge is 0.132 e. The molecule has 1 rings (SSSR count). The van der Waals surface area contributed by atoms with Gasteiger partial charge < -0.3 is 9.30 Å². The van der Waals surface area contributed by atoms with Crippen molar-refractivity contribution in [3.63, 3.8) is 0 Å². The minimum atomic E-state index is 0.793. The molecule has 0 N–H and O–H groups in total. The van der Waals surface area contributed by atoms with Gasteiger partial charge in [0.1, 0.15) is 12.2 Å². The fourth-order valence-corrected chi connectivity index (χ4v) is 1.38. The quantitative estimate of drug-likeness (QED) is 0.624. The average Bonchev–Trinajstić information content (AvgIpc) is 2.61. The fourth-order valence-electron chi connectivity index (χ4n) is 1.38. The second-order valence-electron chi connectivity index (χ2n) is 3.24. The summed E-state index contributed by atoms with van der Waals surface area (Å²) in [7, 11) is 0.